The summed E-state index contributed by atoms with van der Waals surface area (Å²) in [4.78, 5) is 13.8. The second-order valence-electron chi connectivity index (χ2n) is 6.42. The summed E-state index contributed by atoms with van der Waals surface area (Å²) in [5, 5.41) is 12.6. The Morgan fingerprint density at radius 1 is 1.42 bits per heavy atom. The van der Waals surface area contributed by atoms with Gasteiger partial charge in [0.1, 0.15) is 5.54 Å². The first-order chi connectivity index (χ1) is 8.89. The van der Waals surface area contributed by atoms with Crippen molar-refractivity contribution in [1.82, 2.24) is 10.2 Å². The second-order valence-corrected chi connectivity index (χ2v) is 6.42. The maximum absolute atomic E-state index is 11.5. The molecule has 1 saturated heterocycles. The van der Waals surface area contributed by atoms with Crippen molar-refractivity contribution in [3.8, 4) is 0 Å². The van der Waals surface area contributed by atoms with Gasteiger partial charge in [0.25, 0.3) is 0 Å². The number of rotatable bonds is 7. The van der Waals surface area contributed by atoms with Gasteiger partial charge in [-0.1, -0.05) is 20.8 Å². The smallest absolute Gasteiger partial charge is 0.324 e. The average molecular weight is 270 g/mol. The van der Waals surface area contributed by atoms with E-state index >= 15 is 0 Å². The van der Waals surface area contributed by atoms with Gasteiger partial charge in [0.15, 0.2) is 0 Å². The minimum absolute atomic E-state index is 0.604. The van der Waals surface area contributed by atoms with Crippen LogP contribution in [0.1, 0.15) is 47.0 Å². The number of aliphatic carboxylic acids is 1. The molecule has 0 radical (unpaired) electrons. The summed E-state index contributed by atoms with van der Waals surface area (Å²) in [5.41, 5.74) is -0.819. The molecule has 1 unspecified atom stereocenters. The third-order valence-corrected chi connectivity index (χ3v) is 4.35. The molecular formula is C15H30N2O2. The Hall–Kier alpha value is -0.610. The monoisotopic (exact) mass is 270 g/mol. The van der Waals surface area contributed by atoms with E-state index in [-0.39, 0.29) is 0 Å². The quantitative estimate of drug-likeness (QED) is 0.744. The van der Waals surface area contributed by atoms with Crippen LogP contribution >= 0.6 is 0 Å². The number of nitrogens with zero attached hydrogens (tertiary/aromatic N) is 1. The lowest BCUT2D eigenvalue weighted by atomic mass is 9.86. The van der Waals surface area contributed by atoms with E-state index in [2.05, 4.69) is 31.0 Å². The topological polar surface area (TPSA) is 52.6 Å². The highest BCUT2D eigenvalue weighted by Gasteiger charge is 2.35. The Labute approximate surface area is 117 Å². The van der Waals surface area contributed by atoms with Crippen molar-refractivity contribution in [2.75, 3.05) is 26.2 Å². The molecule has 1 fully saturated rings. The van der Waals surface area contributed by atoms with Crippen LogP contribution in [0.15, 0.2) is 0 Å². The molecular weight excluding hydrogens is 240 g/mol. The van der Waals surface area contributed by atoms with Crippen molar-refractivity contribution in [2.45, 2.75) is 52.5 Å². The molecule has 0 aromatic carbocycles. The number of hydrogen-bond donors (Lipinski definition) is 2. The number of nitrogens with one attached hydrogen (secondary N) is 1. The molecule has 1 aliphatic heterocycles. The normalized spacial score (nSPS) is 21.5. The van der Waals surface area contributed by atoms with Gasteiger partial charge in [-0.25, -0.2) is 0 Å². The summed E-state index contributed by atoms with van der Waals surface area (Å²) in [5.74, 6) is 0.800. The van der Waals surface area contributed by atoms with Crippen molar-refractivity contribution in [2.24, 2.45) is 11.8 Å². The van der Waals surface area contributed by atoms with E-state index in [1.54, 1.807) is 6.92 Å². The molecule has 0 spiro atoms. The van der Waals surface area contributed by atoms with E-state index in [1.165, 1.54) is 12.8 Å². The second kappa shape index (κ2) is 7.25. The van der Waals surface area contributed by atoms with Gasteiger partial charge < -0.3 is 15.3 Å². The van der Waals surface area contributed by atoms with Crippen LogP contribution in [0.25, 0.3) is 0 Å². The van der Waals surface area contributed by atoms with E-state index in [9.17, 15) is 9.90 Å². The first-order valence-corrected chi connectivity index (χ1v) is 7.60. The largest absolute Gasteiger partial charge is 0.480 e. The van der Waals surface area contributed by atoms with Gasteiger partial charge in [-0.15, -0.1) is 0 Å². The first kappa shape index (κ1) is 16.4. The first-order valence-electron chi connectivity index (χ1n) is 7.60. The highest BCUT2D eigenvalue weighted by atomic mass is 16.4. The zero-order valence-corrected chi connectivity index (χ0v) is 12.9. The number of hydrogen-bond acceptors (Lipinski definition) is 3. The lowest BCUT2D eigenvalue weighted by Crippen LogP contribution is -2.58. The van der Waals surface area contributed by atoms with Gasteiger partial charge in [-0.3, -0.25) is 4.79 Å². The zero-order chi connectivity index (χ0) is 14.5. The van der Waals surface area contributed by atoms with E-state index in [0.29, 0.717) is 6.54 Å². The Balaban J connectivity index is 2.50. The fraction of sp³-hybridized carbons (Fsp3) is 0.933. The maximum atomic E-state index is 11.5. The molecule has 4 heteroatoms. The molecule has 112 valence electrons. The van der Waals surface area contributed by atoms with Crippen LogP contribution in [0, 0.1) is 11.8 Å². The molecule has 4 nitrogen and oxygen atoms in total. The summed E-state index contributed by atoms with van der Waals surface area (Å²) in [6.07, 6.45) is 3.35. The fourth-order valence-electron chi connectivity index (χ4n) is 2.82. The van der Waals surface area contributed by atoms with Crippen LogP contribution in [-0.2, 0) is 4.79 Å². The molecule has 0 aromatic heterocycles. The Morgan fingerprint density at radius 2 is 2.00 bits per heavy atom. The number of carboxylic acids is 1. The van der Waals surface area contributed by atoms with Crippen molar-refractivity contribution < 1.29 is 9.90 Å². The van der Waals surface area contributed by atoms with Gasteiger partial charge in [0.2, 0.25) is 0 Å². The van der Waals surface area contributed by atoms with Crippen molar-refractivity contribution in [1.29, 1.82) is 0 Å². The van der Waals surface area contributed by atoms with Crippen LogP contribution < -0.4 is 5.32 Å². The highest BCUT2D eigenvalue weighted by Crippen LogP contribution is 2.25. The average Bonchev–Trinajstić information content (AvgIpc) is 2.36. The Bertz CT molecular complexity index is 286. The Kier molecular flexibility index (Phi) is 6.27. The molecule has 1 atom stereocenters. The standard InChI is InChI=1S/C15H30N2O2/c1-5-8-16-15(4,14(18)19)11-17-9-6-13(7-10-17)12(2)3/h12-13,16H,5-11H2,1-4H3,(H,18,19). The maximum Gasteiger partial charge on any atom is 0.324 e. The molecule has 0 aromatic rings. The minimum atomic E-state index is -0.819. The van der Waals surface area contributed by atoms with E-state index < -0.39 is 11.5 Å². The van der Waals surface area contributed by atoms with Crippen LogP contribution in [0.4, 0.5) is 0 Å². The number of carbonyl (C=O) groups is 1. The van der Waals surface area contributed by atoms with Gasteiger partial charge in [0.05, 0.1) is 0 Å². The molecule has 2 N–H and O–H groups in total. The SMILES string of the molecule is CCCNC(C)(CN1CCC(C(C)C)CC1)C(=O)O. The Morgan fingerprint density at radius 3 is 2.42 bits per heavy atom. The number of likely N-dealkylation sites (tertiary alicyclic amines) is 1. The predicted molar refractivity (Wildman–Crippen MR) is 78.3 cm³/mol. The van der Waals surface area contributed by atoms with Crippen LogP contribution in [0.3, 0.4) is 0 Å². The van der Waals surface area contributed by atoms with Gasteiger partial charge >= 0.3 is 5.97 Å². The zero-order valence-electron chi connectivity index (χ0n) is 12.9. The van der Waals surface area contributed by atoms with E-state index in [0.717, 1.165) is 37.9 Å². The molecule has 0 bridgehead atoms. The van der Waals surface area contributed by atoms with Crippen LogP contribution in [0.2, 0.25) is 0 Å². The van der Waals surface area contributed by atoms with Crippen LogP contribution in [-0.4, -0.2) is 47.7 Å². The van der Waals surface area contributed by atoms with Gasteiger partial charge in [-0.05, 0) is 57.7 Å². The van der Waals surface area contributed by atoms with Gasteiger partial charge in [0, 0.05) is 6.54 Å². The predicted octanol–water partition coefficient (Wildman–Crippen LogP) is 2.20. The van der Waals surface area contributed by atoms with Gasteiger partial charge in [-0.2, -0.15) is 0 Å². The highest BCUT2D eigenvalue weighted by molar-refractivity contribution is 5.78. The molecule has 1 rings (SSSR count). The molecule has 19 heavy (non-hydrogen) atoms. The molecule has 1 aliphatic rings. The number of carboxylic acid groups (broad SMARTS) is 1. The minimum Gasteiger partial charge on any atom is -0.480 e. The molecule has 0 saturated carbocycles. The summed E-state index contributed by atoms with van der Waals surface area (Å²) in [6, 6.07) is 0. The molecule has 0 aliphatic carbocycles. The van der Waals surface area contributed by atoms with E-state index in [1.807, 2.05) is 0 Å². The summed E-state index contributed by atoms with van der Waals surface area (Å²) in [6.45, 7) is 11.8. The number of piperidine rings is 1. The molecule has 0 amide bonds. The summed E-state index contributed by atoms with van der Waals surface area (Å²) >= 11 is 0. The summed E-state index contributed by atoms with van der Waals surface area (Å²) < 4.78 is 0. The van der Waals surface area contributed by atoms with E-state index in [4.69, 9.17) is 0 Å². The lowest BCUT2D eigenvalue weighted by molar-refractivity contribution is -0.145. The third kappa shape index (κ3) is 4.77. The summed E-state index contributed by atoms with van der Waals surface area (Å²) in [7, 11) is 0. The fourth-order valence-corrected chi connectivity index (χ4v) is 2.82. The lowest BCUT2D eigenvalue weighted by Gasteiger charge is -2.38. The van der Waals surface area contributed by atoms with Crippen molar-refractivity contribution >= 4 is 5.97 Å². The van der Waals surface area contributed by atoms with Crippen molar-refractivity contribution in [3.63, 3.8) is 0 Å². The molecule has 1 heterocycles. The van der Waals surface area contributed by atoms with Crippen molar-refractivity contribution in [3.05, 3.63) is 0 Å². The van der Waals surface area contributed by atoms with Crippen LogP contribution in [0.5, 0.6) is 0 Å². The third-order valence-electron chi connectivity index (χ3n) is 4.35.